The van der Waals surface area contributed by atoms with Crippen LogP contribution in [0.2, 0.25) is 0 Å². The maximum Gasteiger partial charge on any atom is 0.293 e. The summed E-state index contributed by atoms with van der Waals surface area (Å²) in [6.07, 6.45) is 7.90. The normalized spacial score (nSPS) is 25.0. The van der Waals surface area contributed by atoms with E-state index in [9.17, 15) is 4.79 Å². The number of aromatic nitrogens is 4. The predicted molar refractivity (Wildman–Crippen MR) is 76.7 cm³/mol. The molecule has 2 aliphatic rings. The van der Waals surface area contributed by atoms with Gasteiger partial charge in [0.15, 0.2) is 0 Å². The number of allylic oxidation sites excluding steroid dienone is 2. The summed E-state index contributed by atoms with van der Waals surface area (Å²) in [5.74, 6) is 1.82. The molecule has 1 saturated heterocycles. The third-order valence-electron chi connectivity index (χ3n) is 4.52. The van der Waals surface area contributed by atoms with Crippen molar-refractivity contribution in [3.63, 3.8) is 0 Å². The molecular formula is C15H17N5O. The highest BCUT2D eigenvalue weighted by Gasteiger charge is 2.37. The molecule has 2 aromatic rings. The monoisotopic (exact) mass is 283 g/mol. The number of carbonyl (C=O) groups excluding carboxylic acids is 1. The van der Waals surface area contributed by atoms with Gasteiger partial charge in [0.1, 0.15) is 0 Å². The molecule has 21 heavy (non-hydrogen) atoms. The van der Waals surface area contributed by atoms with Crippen molar-refractivity contribution in [1.82, 2.24) is 24.5 Å². The van der Waals surface area contributed by atoms with Gasteiger partial charge in [-0.25, -0.2) is 9.50 Å². The average molecular weight is 283 g/mol. The second-order valence-electron chi connectivity index (χ2n) is 6.02. The molecule has 1 aliphatic carbocycles. The van der Waals surface area contributed by atoms with E-state index in [4.69, 9.17) is 0 Å². The van der Waals surface area contributed by atoms with Gasteiger partial charge >= 0.3 is 0 Å². The van der Waals surface area contributed by atoms with Crippen molar-refractivity contribution >= 4 is 11.7 Å². The Bertz CT molecular complexity index is 701. The molecule has 6 heteroatoms. The molecule has 2 aromatic heterocycles. The molecule has 0 saturated carbocycles. The van der Waals surface area contributed by atoms with Crippen LogP contribution in [0.4, 0.5) is 0 Å². The molecule has 2 atom stereocenters. The van der Waals surface area contributed by atoms with E-state index in [2.05, 4.69) is 28.1 Å². The van der Waals surface area contributed by atoms with Crippen LogP contribution in [0.5, 0.6) is 0 Å². The van der Waals surface area contributed by atoms with Crippen LogP contribution >= 0.6 is 0 Å². The Morgan fingerprint density at radius 1 is 1.33 bits per heavy atom. The number of hydrogen-bond acceptors (Lipinski definition) is 4. The highest BCUT2D eigenvalue weighted by Crippen LogP contribution is 2.35. The number of fused-ring (bicyclic) bond motifs is 2. The molecule has 0 unspecified atom stereocenters. The van der Waals surface area contributed by atoms with Crippen LogP contribution in [0.25, 0.3) is 5.78 Å². The second-order valence-corrected chi connectivity index (χ2v) is 6.02. The van der Waals surface area contributed by atoms with Gasteiger partial charge in [-0.1, -0.05) is 11.6 Å². The summed E-state index contributed by atoms with van der Waals surface area (Å²) < 4.78 is 1.54. The number of carbonyl (C=O) groups is 1. The van der Waals surface area contributed by atoms with Gasteiger partial charge in [0.2, 0.25) is 5.82 Å². The van der Waals surface area contributed by atoms with Crippen LogP contribution < -0.4 is 0 Å². The van der Waals surface area contributed by atoms with Crippen LogP contribution in [0.3, 0.4) is 0 Å². The van der Waals surface area contributed by atoms with Crippen molar-refractivity contribution in [1.29, 1.82) is 0 Å². The van der Waals surface area contributed by atoms with E-state index >= 15 is 0 Å². The molecule has 6 nitrogen and oxygen atoms in total. The number of amides is 1. The Morgan fingerprint density at radius 3 is 3.05 bits per heavy atom. The Hall–Kier alpha value is -2.24. The molecular weight excluding hydrogens is 266 g/mol. The van der Waals surface area contributed by atoms with Crippen LogP contribution in [0.15, 0.2) is 30.1 Å². The zero-order chi connectivity index (χ0) is 14.4. The summed E-state index contributed by atoms with van der Waals surface area (Å²) in [4.78, 5) is 22.8. The number of nitrogens with zero attached hydrogens (tertiary/aromatic N) is 5. The van der Waals surface area contributed by atoms with Crippen LogP contribution in [-0.2, 0) is 0 Å². The van der Waals surface area contributed by atoms with E-state index < -0.39 is 0 Å². The Labute approximate surface area is 122 Å². The molecule has 4 rings (SSSR count). The third-order valence-corrected chi connectivity index (χ3v) is 4.52. The minimum Gasteiger partial charge on any atom is -0.335 e. The van der Waals surface area contributed by atoms with Crippen molar-refractivity contribution < 1.29 is 4.79 Å². The summed E-state index contributed by atoms with van der Waals surface area (Å²) >= 11 is 0. The van der Waals surface area contributed by atoms with Gasteiger partial charge in [0, 0.05) is 25.5 Å². The molecule has 0 aromatic carbocycles. The van der Waals surface area contributed by atoms with Gasteiger partial charge in [-0.2, -0.15) is 4.98 Å². The SMILES string of the molecule is CC1=CC[C@H]2CN(C(=O)c3nc4ncccn4n3)C[C@H]2C1. The summed E-state index contributed by atoms with van der Waals surface area (Å²) in [6, 6.07) is 1.77. The lowest BCUT2D eigenvalue weighted by Gasteiger charge is -2.21. The smallest absolute Gasteiger partial charge is 0.293 e. The molecule has 1 fully saturated rings. The van der Waals surface area contributed by atoms with Gasteiger partial charge in [-0.3, -0.25) is 4.79 Å². The minimum atomic E-state index is -0.0763. The zero-order valence-electron chi connectivity index (χ0n) is 11.9. The molecule has 108 valence electrons. The number of hydrogen-bond donors (Lipinski definition) is 0. The highest BCUT2D eigenvalue weighted by molar-refractivity contribution is 5.91. The second kappa shape index (κ2) is 4.65. The molecule has 1 aliphatic heterocycles. The number of rotatable bonds is 1. The van der Waals surface area contributed by atoms with E-state index in [1.165, 1.54) is 5.57 Å². The summed E-state index contributed by atoms with van der Waals surface area (Å²) in [5.41, 5.74) is 1.45. The van der Waals surface area contributed by atoms with Crippen LogP contribution in [-0.4, -0.2) is 43.5 Å². The summed E-state index contributed by atoms with van der Waals surface area (Å²) in [6.45, 7) is 3.81. The fraction of sp³-hybridized carbons (Fsp3) is 0.467. The molecule has 1 amide bonds. The Balaban J connectivity index is 1.56. The molecule has 0 bridgehead atoms. The first-order chi connectivity index (χ1) is 10.2. The quantitative estimate of drug-likeness (QED) is 0.745. The van der Waals surface area contributed by atoms with Gasteiger partial charge in [0.05, 0.1) is 0 Å². The summed E-state index contributed by atoms with van der Waals surface area (Å²) in [7, 11) is 0. The van der Waals surface area contributed by atoms with E-state index in [0.717, 1.165) is 25.9 Å². The van der Waals surface area contributed by atoms with Crippen molar-refractivity contribution in [2.24, 2.45) is 11.8 Å². The topological polar surface area (TPSA) is 63.4 Å². The lowest BCUT2D eigenvalue weighted by molar-refractivity contribution is 0.0772. The first-order valence-electron chi connectivity index (χ1n) is 7.33. The molecule has 0 spiro atoms. The van der Waals surface area contributed by atoms with Crippen molar-refractivity contribution in [3.05, 3.63) is 35.9 Å². The minimum absolute atomic E-state index is 0.0763. The van der Waals surface area contributed by atoms with Gasteiger partial charge in [0.25, 0.3) is 11.7 Å². The largest absolute Gasteiger partial charge is 0.335 e. The van der Waals surface area contributed by atoms with E-state index in [0.29, 0.717) is 17.6 Å². The maximum absolute atomic E-state index is 12.6. The first kappa shape index (κ1) is 12.5. The molecule has 0 radical (unpaired) electrons. The van der Waals surface area contributed by atoms with Gasteiger partial charge in [-0.05, 0) is 37.7 Å². The van der Waals surface area contributed by atoms with Gasteiger partial charge < -0.3 is 4.90 Å². The van der Waals surface area contributed by atoms with E-state index in [1.807, 2.05) is 4.90 Å². The Morgan fingerprint density at radius 2 is 2.19 bits per heavy atom. The fourth-order valence-corrected chi connectivity index (χ4v) is 3.42. The maximum atomic E-state index is 12.6. The Kier molecular flexibility index (Phi) is 2.77. The van der Waals surface area contributed by atoms with E-state index in [-0.39, 0.29) is 11.7 Å². The zero-order valence-corrected chi connectivity index (χ0v) is 11.9. The summed E-state index contributed by atoms with van der Waals surface area (Å²) in [5, 5.41) is 4.23. The molecule has 0 N–H and O–H groups in total. The van der Waals surface area contributed by atoms with Crippen molar-refractivity contribution in [3.8, 4) is 0 Å². The lowest BCUT2D eigenvalue weighted by Crippen LogP contribution is -2.30. The number of likely N-dealkylation sites (tertiary alicyclic amines) is 1. The fourth-order valence-electron chi connectivity index (χ4n) is 3.42. The first-order valence-corrected chi connectivity index (χ1v) is 7.33. The molecule has 3 heterocycles. The van der Waals surface area contributed by atoms with Crippen molar-refractivity contribution in [2.45, 2.75) is 19.8 Å². The van der Waals surface area contributed by atoms with Crippen LogP contribution in [0.1, 0.15) is 30.4 Å². The van der Waals surface area contributed by atoms with Crippen molar-refractivity contribution in [2.75, 3.05) is 13.1 Å². The van der Waals surface area contributed by atoms with Gasteiger partial charge in [-0.15, -0.1) is 5.10 Å². The van der Waals surface area contributed by atoms with Crippen LogP contribution in [0, 0.1) is 11.8 Å². The standard InChI is InChI=1S/C15H17N5O/c1-10-3-4-11-8-19(9-12(11)7-10)14(21)13-17-15-16-5-2-6-20(15)18-13/h2-3,5-6,11-12H,4,7-9H2,1H3/t11-,12+/m0/s1. The van der Waals surface area contributed by atoms with E-state index in [1.54, 1.807) is 23.0 Å². The average Bonchev–Trinajstić information content (AvgIpc) is 3.09. The highest BCUT2D eigenvalue weighted by atomic mass is 16.2. The third kappa shape index (κ3) is 2.11. The predicted octanol–water partition coefficient (Wildman–Crippen LogP) is 1.55. The lowest BCUT2D eigenvalue weighted by atomic mass is 9.83.